The first-order valence-corrected chi connectivity index (χ1v) is 7.44. The van der Waals surface area contributed by atoms with Gasteiger partial charge in [-0.25, -0.2) is 0 Å². The Kier molecular flexibility index (Phi) is 7.39. The smallest absolute Gasteiger partial charge is 0.309 e. The number of carboxylic acid groups (broad SMARTS) is 1. The molecule has 1 N–H and O–H groups in total. The zero-order valence-electron chi connectivity index (χ0n) is 12.3. The first-order chi connectivity index (χ1) is 9.14. The van der Waals surface area contributed by atoms with E-state index in [2.05, 4.69) is 6.92 Å². The Morgan fingerprint density at radius 3 is 2.47 bits per heavy atom. The Hall–Kier alpha value is -0.610. The molecule has 0 unspecified atom stereocenters. The standard InChI is InChI=1S/C15H28O4/c1-3-13-5-8-15(9-6-13,14(16)17)7-4-10-19-12-11-18-2/h13H,3-12H2,1-2H3,(H,16,17). The lowest BCUT2D eigenvalue weighted by Crippen LogP contribution is -2.35. The monoisotopic (exact) mass is 272 g/mol. The molecule has 0 spiro atoms. The van der Waals surface area contributed by atoms with E-state index in [9.17, 15) is 9.90 Å². The summed E-state index contributed by atoms with van der Waals surface area (Å²) in [5.74, 6) is 0.115. The van der Waals surface area contributed by atoms with Crippen LogP contribution in [0, 0.1) is 11.3 Å². The molecule has 1 aliphatic rings. The lowest BCUT2D eigenvalue weighted by Gasteiger charge is -2.36. The van der Waals surface area contributed by atoms with Crippen molar-refractivity contribution in [2.24, 2.45) is 11.3 Å². The van der Waals surface area contributed by atoms with Crippen LogP contribution in [0.4, 0.5) is 0 Å². The second-order valence-electron chi connectivity index (χ2n) is 5.65. The van der Waals surface area contributed by atoms with E-state index in [1.165, 1.54) is 6.42 Å². The third-order valence-corrected chi connectivity index (χ3v) is 4.47. The van der Waals surface area contributed by atoms with Gasteiger partial charge in [-0.1, -0.05) is 13.3 Å². The van der Waals surface area contributed by atoms with Crippen molar-refractivity contribution < 1.29 is 19.4 Å². The topological polar surface area (TPSA) is 55.8 Å². The molecule has 0 aromatic heterocycles. The maximum absolute atomic E-state index is 11.6. The average molecular weight is 272 g/mol. The van der Waals surface area contributed by atoms with Crippen LogP contribution in [0.2, 0.25) is 0 Å². The molecule has 1 fully saturated rings. The Bertz CT molecular complexity index is 257. The Labute approximate surface area is 116 Å². The number of rotatable bonds is 9. The molecule has 19 heavy (non-hydrogen) atoms. The zero-order valence-corrected chi connectivity index (χ0v) is 12.3. The highest BCUT2D eigenvalue weighted by atomic mass is 16.5. The summed E-state index contributed by atoms with van der Waals surface area (Å²) >= 11 is 0. The molecule has 4 nitrogen and oxygen atoms in total. The van der Waals surface area contributed by atoms with Crippen molar-refractivity contribution >= 4 is 5.97 Å². The summed E-state index contributed by atoms with van der Waals surface area (Å²) in [6.45, 7) is 4.02. The molecule has 0 amide bonds. The van der Waals surface area contributed by atoms with Gasteiger partial charge >= 0.3 is 5.97 Å². The first-order valence-electron chi connectivity index (χ1n) is 7.44. The summed E-state index contributed by atoms with van der Waals surface area (Å²) in [5, 5.41) is 9.53. The minimum absolute atomic E-state index is 0.490. The summed E-state index contributed by atoms with van der Waals surface area (Å²) in [7, 11) is 1.65. The van der Waals surface area contributed by atoms with Crippen LogP contribution in [-0.2, 0) is 14.3 Å². The molecule has 0 saturated heterocycles. The molecular weight excluding hydrogens is 244 g/mol. The van der Waals surface area contributed by atoms with Crippen LogP contribution in [0.25, 0.3) is 0 Å². The van der Waals surface area contributed by atoms with Gasteiger partial charge in [0.15, 0.2) is 0 Å². The van der Waals surface area contributed by atoms with Crippen LogP contribution in [0.15, 0.2) is 0 Å². The normalized spacial score (nSPS) is 27.4. The Balaban J connectivity index is 2.31. The molecule has 1 saturated carbocycles. The van der Waals surface area contributed by atoms with E-state index in [-0.39, 0.29) is 0 Å². The van der Waals surface area contributed by atoms with Crippen LogP contribution in [0.1, 0.15) is 51.9 Å². The predicted molar refractivity (Wildman–Crippen MR) is 74.2 cm³/mol. The summed E-state index contributed by atoms with van der Waals surface area (Å²) in [6, 6.07) is 0. The molecule has 0 bridgehead atoms. The molecule has 0 radical (unpaired) electrons. The summed E-state index contributed by atoms with van der Waals surface area (Å²) in [6.07, 6.45) is 6.53. The van der Waals surface area contributed by atoms with Gasteiger partial charge in [0.1, 0.15) is 0 Å². The van der Waals surface area contributed by atoms with Gasteiger partial charge in [-0.15, -0.1) is 0 Å². The van der Waals surface area contributed by atoms with Crippen LogP contribution < -0.4 is 0 Å². The molecule has 4 heteroatoms. The fourth-order valence-electron chi connectivity index (χ4n) is 2.97. The van der Waals surface area contributed by atoms with Crippen LogP contribution in [0.5, 0.6) is 0 Å². The number of methoxy groups -OCH3 is 1. The molecule has 0 aliphatic heterocycles. The van der Waals surface area contributed by atoms with E-state index in [1.54, 1.807) is 7.11 Å². The minimum Gasteiger partial charge on any atom is -0.481 e. The van der Waals surface area contributed by atoms with Crippen LogP contribution in [-0.4, -0.2) is 38.0 Å². The first kappa shape index (κ1) is 16.4. The van der Waals surface area contributed by atoms with E-state index in [1.807, 2.05) is 0 Å². The van der Waals surface area contributed by atoms with Crippen molar-refractivity contribution in [3.8, 4) is 0 Å². The minimum atomic E-state index is -0.612. The third-order valence-electron chi connectivity index (χ3n) is 4.47. The Morgan fingerprint density at radius 2 is 1.95 bits per heavy atom. The lowest BCUT2D eigenvalue weighted by atomic mass is 9.67. The van der Waals surface area contributed by atoms with Gasteiger partial charge < -0.3 is 14.6 Å². The van der Waals surface area contributed by atoms with Crippen molar-refractivity contribution in [2.75, 3.05) is 26.9 Å². The molecule has 0 aromatic carbocycles. The van der Waals surface area contributed by atoms with Gasteiger partial charge in [0.25, 0.3) is 0 Å². The fourth-order valence-corrected chi connectivity index (χ4v) is 2.97. The van der Waals surface area contributed by atoms with E-state index in [0.717, 1.165) is 44.4 Å². The fraction of sp³-hybridized carbons (Fsp3) is 0.933. The highest BCUT2D eigenvalue weighted by Crippen LogP contribution is 2.43. The molecule has 0 aromatic rings. The maximum Gasteiger partial charge on any atom is 0.309 e. The van der Waals surface area contributed by atoms with Gasteiger partial charge in [0.2, 0.25) is 0 Å². The molecule has 0 atom stereocenters. The molecule has 0 heterocycles. The Morgan fingerprint density at radius 1 is 1.26 bits per heavy atom. The summed E-state index contributed by atoms with van der Waals surface area (Å²) < 4.78 is 10.3. The molecule has 1 aliphatic carbocycles. The molecular formula is C15H28O4. The van der Waals surface area contributed by atoms with E-state index in [4.69, 9.17) is 9.47 Å². The van der Waals surface area contributed by atoms with E-state index in [0.29, 0.717) is 19.8 Å². The largest absolute Gasteiger partial charge is 0.481 e. The highest BCUT2D eigenvalue weighted by molar-refractivity contribution is 5.74. The van der Waals surface area contributed by atoms with Gasteiger partial charge in [0, 0.05) is 13.7 Å². The van der Waals surface area contributed by atoms with Crippen molar-refractivity contribution in [3.63, 3.8) is 0 Å². The summed E-state index contributed by atoms with van der Waals surface area (Å²) in [4.78, 5) is 11.6. The van der Waals surface area contributed by atoms with Crippen molar-refractivity contribution in [3.05, 3.63) is 0 Å². The van der Waals surface area contributed by atoms with Crippen molar-refractivity contribution in [1.82, 2.24) is 0 Å². The van der Waals surface area contributed by atoms with Crippen molar-refractivity contribution in [1.29, 1.82) is 0 Å². The van der Waals surface area contributed by atoms with Gasteiger partial charge in [0.05, 0.1) is 18.6 Å². The van der Waals surface area contributed by atoms with Gasteiger partial charge in [-0.05, 0) is 44.4 Å². The average Bonchev–Trinajstić information content (AvgIpc) is 2.43. The molecule has 1 rings (SSSR count). The van der Waals surface area contributed by atoms with Crippen LogP contribution >= 0.6 is 0 Å². The number of carbonyl (C=O) groups is 1. The number of aliphatic carboxylic acids is 1. The zero-order chi connectivity index (χ0) is 14.1. The second kappa shape index (κ2) is 8.54. The van der Waals surface area contributed by atoms with Gasteiger partial charge in [-0.2, -0.15) is 0 Å². The van der Waals surface area contributed by atoms with E-state index < -0.39 is 11.4 Å². The number of carboxylic acids is 1. The van der Waals surface area contributed by atoms with Crippen molar-refractivity contribution in [2.45, 2.75) is 51.9 Å². The summed E-state index contributed by atoms with van der Waals surface area (Å²) in [5.41, 5.74) is -0.490. The SMILES string of the molecule is CCC1CCC(CCCOCCOC)(C(=O)O)CC1. The van der Waals surface area contributed by atoms with Crippen LogP contribution in [0.3, 0.4) is 0 Å². The predicted octanol–water partition coefficient (Wildman–Crippen LogP) is 3.10. The highest BCUT2D eigenvalue weighted by Gasteiger charge is 2.40. The molecule has 112 valence electrons. The number of ether oxygens (including phenoxy) is 2. The second-order valence-corrected chi connectivity index (χ2v) is 5.65. The maximum atomic E-state index is 11.6. The quantitative estimate of drug-likeness (QED) is 0.655. The third kappa shape index (κ3) is 5.11. The number of hydrogen-bond donors (Lipinski definition) is 1. The van der Waals surface area contributed by atoms with Gasteiger partial charge in [-0.3, -0.25) is 4.79 Å². The lowest BCUT2D eigenvalue weighted by molar-refractivity contribution is -0.152. The van der Waals surface area contributed by atoms with E-state index >= 15 is 0 Å². The number of hydrogen-bond acceptors (Lipinski definition) is 3.